The Kier molecular flexibility index (Phi) is 6.79. The van der Waals surface area contributed by atoms with Gasteiger partial charge in [0, 0.05) is 48.2 Å². The molecular formula is C20H24ClN5O. The number of phenols is 1. The third-order valence-electron chi connectivity index (χ3n) is 4.24. The first-order chi connectivity index (χ1) is 13.2. The first kappa shape index (κ1) is 19.3. The van der Waals surface area contributed by atoms with Crippen LogP contribution < -0.4 is 10.6 Å². The van der Waals surface area contributed by atoms with Gasteiger partial charge in [-0.25, -0.2) is 9.97 Å². The Morgan fingerprint density at radius 1 is 1.37 bits per heavy atom. The molecule has 0 unspecified atom stereocenters. The zero-order valence-electron chi connectivity index (χ0n) is 15.3. The van der Waals surface area contributed by atoms with Gasteiger partial charge in [-0.15, -0.1) is 0 Å². The fourth-order valence-corrected chi connectivity index (χ4v) is 3.01. The van der Waals surface area contributed by atoms with Crippen molar-refractivity contribution in [1.29, 1.82) is 0 Å². The van der Waals surface area contributed by atoms with Crippen molar-refractivity contribution in [1.82, 2.24) is 20.6 Å². The summed E-state index contributed by atoms with van der Waals surface area (Å²) in [5.74, 6) is 0.107. The lowest BCUT2D eigenvalue weighted by Gasteiger charge is -2.13. The van der Waals surface area contributed by atoms with Crippen LogP contribution >= 0.6 is 11.6 Å². The van der Waals surface area contributed by atoms with E-state index >= 15 is 0 Å². The van der Waals surface area contributed by atoms with Crippen molar-refractivity contribution >= 4 is 29.1 Å². The van der Waals surface area contributed by atoms with E-state index in [0.29, 0.717) is 5.02 Å². The molecular weight excluding hydrogens is 362 g/mol. The van der Waals surface area contributed by atoms with Crippen molar-refractivity contribution in [2.45, 2.75) is 25.3 Å². The molecule has 27 heavy (non-hydrogen) atoms. The van der Waals surface area contributed by atoms with Crippen LogP contribution in [-0.2, 0) is 0 Å². The van der Waals surface area contributed by atoms with Crippen molar-refractivity contribution in [3.8, 4) is 5.75 Å². The van der Waals surface area contributed by atoms with Crippen molar-refractivity contribution < 1.29 is 5.11 Å². The Morgan fingerprint density at radius 3 is 2.89 bits per heavy atom. The quantitative estimate of drug-likeness (QED) is 0.456. The second-order valence-electron chi connectivity index (χ2n) is 6.45. The Balaban J connectivity index is 1.85. The summed E-state index contributed by atoms with van der Waals surface area (Å²) in [6.45, 7) is 1.71. The Bertz CT molecular complexity index is 798. The highest BCUT2D eigenvalue weighted by atomic mass is 35.5. The number of allylic oxidation sites excluding steroid dienone is 1. The highest BCUT2D eigenvalue weighted by Crippen LogP contribution is 2.27. The molecule has 1 aromatic heterocycles. The number of nitrogens with one attached hydrogen (secondary N) is 2. The predicted octanol–water partition coefficient (Wildman–Crippen LogP) is 3.14. The maximum Gasteiger partial charge on any atom is 0.117 e. The number of benzene rings is 1. The minimum atomic E-state index is 0.107. The average molecular weight is 386 g/mol. The van der Waals surface area contributed by atoms with E-state index in [1.165, 1.54) is 25.2 Å². The highest BCUT2D eigenvalue weighted by molar-refractivity contribution is 6.31. The molecule has 7 heteroatoms. The lowest BCUT2D eigenvalue weighted by atomic mass is 10.0. The van der Waals surface area contributed by atoms with E-state index in [2.05, 4.69) is 25.6 Å². The van der Waals surface area contributed by atoms with E-state index in [0.717, 1.165) is 48.1 Å². The van der Waals surface area contributed by atoms with Gasteiger partial charge in [0.1, 0.15) is 12.1 Å². The fourth-order valence-electron chi connectivity index (χ4n) is 2.78. The average Bonchev–Trinajstić information content (AvgIpc) is 3.48. The molecule has 0 radical (unpaired) electrons. The summed E-state index contributed by atoms with van der Waals surface area (Å²) < 4.78 is 0. The molecule has 1 heterocycles. The topological polar surface area (TPSA) is 82.4 Å². The number of aromatic nitrogens is 2. The van der Waals surface area contributed by atoms with Crippen LogP contribution in [0, 0.1) is 0 Å². The summed E-state index contributed by atoms with van der Waals surface area (Å²) in [7, 11) is 1.82. The van der Waals surface area contributed by atoms with E-state index in [-0.39, 0.29) is 5.75 Å². The molecule has 1 fully saturated rings. The maximum atomic E-state index is 9.91. The molecule has 0 bridgehead atoms. The third-order valence-corrected chi connectivity index (χ3v) is 4.46. The molecule has 1 aliphatic rings. The van der Waals surface area contributed by atoms with Gasteiger partial charge in [-0.05, 0) is 50.1 Å². The Morgan fingerprint density at radius 2 is 2.22 bits per heavy atom. The zero-order valence-corrected chi connectivity index (χ0v) is 16.1. The number of nitrogens with zero attached hydrogens (tertiary/aromatic N) is 3. The number of halogens is 1. The van der Waals surface area contributed by atoms with E-state index < -0.39 is 0 Å². The van der Waals surface area contributed by atoms with Gasteiger partial charge in [0.05, 0.1) is 11.4 Å². The Hall–Kier alpha value is -2.44. The minimum absolute atomic E-state index is 0.107. The summed E-state index contributed by atoms with van der Waals surface area (Å²) in [5, 5.41) is 17.1. The molecule has 0 aliphatic heterocycles. The van der Waals surface area contributed by atoms with Crippen LogP contribution in [0.4, 0.5) is 0 Å². The van der Waals surface area contributed by atoms with Gasteiger partial charge in [-0.2, -0.15) is 0 Å². The van der Waals surface area contributed by atoms with Crippen LogP contribution in [0.1, 0.15) is 30.5 Å². The SMILES string of the molecule is CNC(=C(C=NCCCNC1CC1)c1ccncn1)c1cc(O)cc(Cl)c1. The van der Waals surface area contributed by atoms with Crippen LogP contribution in [-0.4, -0.2) is 47.5 Å². The van der Waals surface area contributed by atoms with Gasteiger partial charge in [0.25, 0.3) is 0 Å². The van der Waals surface area contributed by atoms with E-state index in [4.69, 9.17) is 11.6 Å². The first-order valence-electron chi connectivity index (χ1n) is 9.09. The summed E-state index contributed by atoms with van der Waals surface area (Å²) in [5.41, 5.74) is 3.11. The third kappa shape index (κ3) is 5.77. The van der Waals surface area contributed by atoms with Gasteiger partial charge in [-0.1, -0.05) is 11.6 Å². The molecule has 0 atom stereocenters. The molecule has 0 saturated heterocycles. The molecule has 0 amide bonds. The first-order valence-corrected chi connectivity index (χ1v) is 9.46. The summed E-state index contributed by atoms with van der Waals surface area (Å²) in [6.07, 6.45) is 8.59. The highest BCUT2D eigenvalue weighted by Gasteiger charge is 2.19. The van der Waals surface area contributed by atoms with Gasteiger partial charge >= 0.3 is 0 Å². The van der Waals surface area contributed by atoms with Crippen molar-refractivity contribution in [2.24, 2.45) is 4.99 Å². The molecule has 2 aromatic rings. The normalized spacial score (nSPS) is 15.0. The van der Waals surface area contributed by atoms with Crippen molar-refractivity contribution in [3.63, 3.8) is 0 Å². The fraction of sp³-hybridized carbons (Fsp3) is 0.350. The zero-order chi connectivity index (χ0) is 19.1. The smallest absolute Gasteiger partial charge is 0.117 e. The molecule has 6 nitrogen and oxygen atoms in total. The number of hydrogen-bond acceptors (Lipinski definition) is 6. The van der Waals surface area contributed by atoms with Crippen LogP contribution in [0.25, 0.3) is 11.3 Å². The standard InChI is InChI=1S/C20H24ClN5O/c1-22-20(14-9-15(21)11-17(27)10-14)18(19-5-8-24-13-26-19)12-23-6-2-7-25-16-3-4-16/h5,8-13,16,22,25,27H,2-4,6-7H2,1H3. The maximum absolute atomic E-state index is 9.91. The number of hydrogen-bond donors (Lipinski definition) is 3. The van der Waals surface area contributed by atoms with Crippen molar-refractivity contribution in [3.05, 3.63) is 53.1 Å². The number of rotatable bonds is 9. The molecule has 1 aromatic carbocycles. The molecule has 1 aliphatic carbocycles. The van der Waals surface area contributed by atoms with Crippen LogP contribution in [0.5, 0.6) is 5.75 Å². The number of aromatic hydroxyl groups is 1. The molecule has 1 saturated carbocycles. The molecule has 142 valence electrons. The second kappa shape index (κ2) is 9.48. The van der Waals surface area contributed by atoms with Gasteiger partial charge in [0.2, 0.25) is 0 Å². The van der Waals surface area contributed by atoms with Gasteiger partial charge < -0.3 is 15.7 Å². The van der Waals surface area contributed by atoms with E-state index in [1.54, 1.807) is 18.3 Å². The lowest BCUT2D eigenvalue weighted by Crippen LogP contribution is -2.18. The minimum Gasteiger partial charge on any atom is -0.508 e. The summed E-state index contributed by atoms with van der Waals surface area (Å²) in [6, 6.07) is 7.51. The summed E-state index contributed by atoms with van der Waals surface area (Å²) in [4.78, 5) is 12.9. The van der Waals surface area contributed by atoms with E-state index in [9.17, 15) is 5.11 Å². The number of phenolic OH excluding ortho intramolecular Hbond substituents is 1. The second-order valence-corrected chi connectivity index (χ2v) is 6.89. The Labute approximate surface area is 164 Å². The van der Waals surface area contributed by atoms with Gasteiger partial charge in [0.15, 0.2) is 0 Å². The molecule has 3 N–H and O–H groups in total. The van der Waals surface area contributed by atoms with Crippen LogP contribution in [0.15, 0.2) is 41.8 Å². The molecule has 0 spiro atoms. The predicted molar refractivity (Wildman–Crippen MR) is 110 cm³/mol. The lowest BCUT2D eigenvalue weighted by molar-refractivity contribution is 0.475. The van der Waals surface area contributed by atoms with Crippen LogP contribution in [0.2, 0.25) is 5.02 Å². The van der Waals surface area contributed by atoms with Crippen LogP contribution in [0.3, 0.4) is 0 Å². The summed E-state index contributed by atoms with van der Waals surface area (Å²) >= 11 is 6.12. The van der Waals surface area contributed by atoms with E-state index in [1.807, 2.05) is 19.3 Å². The van der Waals surface area contributed by atoms with Gasteiger partial charge in [-0.3, -0.25) is 4.99 Å². The largest absolute Gasteiger partial charge is 0.508 e. The monoisotopic (exact) mass is 385 g/mol. The van der Waals surface area contributed by atoms with Crippen molar-refractivity contribution in [2.75, 3.05) is 20.1 Å². The number of aliphatic imine (C=N–C) groups is 1. The molecule has 3 rings (SSSR count).